The van der Waals surface area contributed by atoms with E-state index in [9.17, 15) is 0 Å². The molecule has 0 fully saturated rings. The van der Waals surface area contributed by atoms with Crippen LogP contribution in [0.3, 0.4) is 0 Å². The van der Waals surface area contributed by atoms with Gasteiger partial charge in [0.2, 0.25) is 0 Å². The molecule has 100 valence electrons. The molecule has 0 nitrogen and oxygen atoms in total. The quantitative estimate of drug-likeness (QED) is 0.595. The zero-order valence-corrected chi connectivity index (χ0v) is 12.7. The second-order valence-electron chi connectivity index (χ2n) is 6.64. The fraction of sp³-hybridized carbons (Fsp3) is 0.556. The standard InChI is InChI=1S/C18H28/c1-15(9-6-7-12-18(3,4)5)13-17-11-8-10-16(2)14-17/h7-8,10-12,14-15H,6,9,13H2,1-5H3/b12-7+. The number of rotatable bonds is 5. The van der Waals surface area contributed by atoms with Crippen molar-refractivity contribution in [1.82, 2.24) is 0 Å². The third-order valence-corrected chi connectivity index (χ3v) is 3.11. The van der Waals surface area contributed by atoms with Gasteiger partial charge in [-0.1, -0.05) is 69.7 Å². The molecule has 1 aromatic rings. The first-order valence-corrected chi connectivity index (χ1v) is 7.10. The lowest BCUT2D eigenvalue weighted by molar-refractivity contribution is 0.522. The van der Waals surface area contributed by atoms with E-state index in [4.69, 9.17) is 0 Å². The molecule has 0 aliphatic heterocycles. The second kappa shape index (κ2) is 6.78. The van der Waals surface area contributed by atoms with Crippen molar-refractivity contribution in [2.45, 2.75) is 53.9 Å². The topological polar surface area (TPSA) is 0 Å². The van der Waals surface area contributed by atoms with Gasteiger partial charge >= 0.3 is 0 Å². The van der Waals surface area contributed by atoms with Crippen molar-refractivity contribution >= 4 is 0 Å². The molecule has 0 saturated carbocycles. The van der Waals surface area contributed by atoms with Crippen molar-refractivity contribution in [3.63, 3.8) is 0 Å². The summed E-state index contributed by atoms with van der Waals surface area (Å²) in [5, 5.41) is 0. The Morgan fingerprint density at radius 2 is 1.94 bits per heavy atom. The average Bonchev–Trinajstić information content (AvgIpc) is 2.23. The molecular formula is C18H28. The summed E-state index contributed by atoms with van der Waals surface area (Å²) in [4.78, 5) is 0. The van der Waals surface area contributed by atoms with Gasteiger partial charge in [0.15, 0.2) is 0 Å². The Bertz CT molecular complexity index is 379. The molecule has 0 radical (unpaired) electrons. The van der Waals surface area contributed by atoms with Crippen LogP contribution in [-0.4, -0.2) is 0 Å². The maximum absolute atomic E-state index is 2.35. The van der Waals surface area contributed by atoms with Crippen LogP contribution in [0, 0.1) is 18.3 Å². The Kier molecular flexibility index (Phi) is 5.65. The third-order valence-electron chi connectivity index (χ3n) is 3.11. The lowest BCUT2D eigenvalue weighted by atomic mass is 9.93. The van der Waals surface area contributed by atoms with Crippen LogP contribution in [0.4, 0.5) is 0 Å². The van der Waals surface area contributed by atoms with E-state index >= 15 is 0 Å². The minimum Gasteiger partial charge on any atom is -0.0880 e. The summed E-state index contributed by atoms with van der Waals surface area (Å²) in [5.41, 5.74) is 3.16. The predicted octanol–water partition coefficient (Wildman–Crippen LogP) is 5.56. The van der Waals surface area contributed by atoms with Gasteiger partial charge in [-0.15, -0.1) is 0 Å². The van der Waals surface area contributed by atoms with Crippen LogP contribution in [0.1, 0.15) is 51.7 Å². The fourth-order valence-electron chi connectivity index (χ4n) is 2.16. The molecule has 1 atom stereocenters. The molecule has 1 aromatic carbocycles. The molecule has 1 rings (SSSR count). The molecule has 0 amide bonds. The first-order chi connectivity index (χ1) is 8.37. The summed E-state index contributed by atoms with van der Waals surface area (Å²) >= 11 is 0. The number of hydrogen-bond donors (Lipinski definition) is 0. The highest BCUT2D eigenvalue weighted by atomic mass is 14.1. The van der Waals surface area contributed by atoms with E-state index in [1.165, 1.54) is 30.4 Å². The summed E-state index contributed by atoms with van der Waals surface area (Å²) in [7, 11) is 0. The van der Waals surface area contributed by atoms with Gasteiger partial charge in [-0.3, -0.25) is 0 Å². The Morgan fingerprint density at radius 1 is 1.22 bits per heavy atom. The normalized spacial score (nSPS) is 14.1. The summed E-state index contributed by atoms with van der Waals surface area (Å²) in [6.07, 6.45) is 8.34. The van der Waals surface area contributed by atoms with Gasteiger partial charge in [0.1, 0.15) is 0 Å². The SMILES string of the molecule is Cc1cccc(CC(C)CC/C=C/C(C)(C)C)c1. The van der Waals surface area contributed by atoms with Crippen LogP contribution in [0.15, 0.2) is 36.4 Å². The average molecular weight is 244 g/mol. The molecule has 0 spiro atoms. The molecule has 0 heteroatoms. The summed E-state index contributed by atoms with van der Waals surface area (Å²) in [6, 6.07) is 8.88. The van der Waals surface area contributed by atoms with E-state index in [1.807, 2.05) is 0 Å². The lowest BCUT2D eigenvalue weighted by Gasteiger charge is -2.13. The van der Waals surface area contributed by atoms with Crippen LogP contribution in [0.25, 0.3) is 0 Å². The number of benzene rings is 1. The van der Waals surface area contributed by atoms with Gasteiger partial charge < -0.3 is 0 Å². The van der Waals surface area contributed by atoms with Crippen molar-refractivity contribution in [2.75, 3.05) is 0 Å². The van der Waals surface area contributed by atoms with E-state index in [1.54, 1.807) is 0 Å². The molecule has 0 heterocycles. The molecule has 0 bridgehead atoms. The van der Waals surface area contributed by atoms with Crippen LogP contribution >= 0.6 is 0 Å². The van der Waals surface area contributed by atoms with Crippen molar-refractivity contribution < 1.29 is 0 Å². The van der Waals surface area contributed by atoms with E-state index in [2.05, 4.69) is 71.0 Å². The van der Waals surface area contributed by atoms with Gasteiger partial charge in [-0.2, -0.15) is 0 Å². The number of hydrogen-bond acceptors (Lipinski definition) is 0. The Hall–Kier alpha value is -1.04. The van der Waals surface area contributed by atoms with Gasteiger partial charge in [0, 0.05) is 0 Å². The highest BCUT2D eigenvalue weighted by molar-refractivity contribution is 5.22. The smallest absolute Gasteiger partial charge is 0.0203 e. The van der Waals surface area contributed by atoms with Crippen molar-refractivity contribution in [3.8, 4) is 0 Å². The second-order valence-corrected chi connectivity index (χ2v) is 6.64. The Morgan fingerprint density at radius 3 is 2.56 bits per heavy atom. The van der Waals surface area contributed by atoms with Crippen molar-refractivity contribution in [2.24, 2.45) is 11.3 Å². The highest BCUT2D eigenvalue weighted by Gasteiger charge is 2.05. The van der Waals surface area contributed by atoms with Gasteiger partial charge in [0.05, 0.1) is 0 Å². The number of aryl methyl sites for hydroxylation is 1. The summed E-state index contributed by atoms with van der Waals surface area (Å²) in [6.45, 7) is 11.3. The third kappa shape index (κ3) is 6.64. The van der Waals surface area contributed by atoms with Gasteiger partial charge in [-0.05, 0) is 43.1 Å². The maximum atomic E-state index is 2.35. The molecule has 0 saturated heterocycles. The lowest BCUT2D eigenvalue weighted by Crippen LogP contribution is -2.01. The van der Waals surface area contributed by atoms with Crippen molar-refractivity contribution in [1.29, 1.82) is 0 Å². The molecule has 18 heavy (non-hydrogen) atoms. The van der Waals surface area contributed by atoms with E-state index < -0.39 is 0 Å². The van der Waals surface area contributed by atoms with Crippen molar-refractivity contribution in [3.05, 3.63) is 47.5 Å². The first kappa shape index (κ1) is 15.0. The van der Waals surface area contributed by atoms with E-state index in [0.29, 0.717) is 5.41 Å². The summed E-state index contributed by atoms with van der Waals surface area (Å²) in [5.74, 6) is 0.761. The zero-order chi connectivity index (χ0) is 13.6. The molecule has 0 aliphatic rings. The van der Waals surface area contributed by atoms with Gasteiger partial charge in [-0.25, -0.2) is 0 Å². The molecule has 1 unspecified atom stereocenters. The van der Waals surface area contributed by atoms with Crippen LogP contribution in [0.2, 0.25) is 0 Å². The molecule has 0 N–H and O–H groups in total. The molecule has 0 aromatic heterocycles. The van der Waals surface area contributed by atoms with E-state index in [-0.39, 0.29) is 0 Å². The largest absolute Gasteiger partial charge is 0.0880 e. The number of allylic oxidation sites excluding steroid dienone is 2. The Labute approximate surface area is 113 Å². The van der Waals surface area contributed by atoms with E-state index in [0.717, 1.165) is 5.92 Å². The highest BCUT2D eigenvalue weighted by Crippen LogP contribution is 2.18. The fourth-order valence-corrected chi connectivity index (χ4v) is 2.16. The minimum atomic E-state index is 0.319. The van der Waals surface area contributed by atoms with Crippen LogP contribution < -0.4 is 0 Å². The Balaban J connectivity index is 2.34. The molecule has 0 aliphatic carbocycles. The van der Waals surface area contributed by atoms with Crippen LogP contribution in [-0.2, 0) is 6.42 Å². The minimum absolute atomic E-state index is 0.319. The van der Waals surface area contributed by atoms with Crippen LogP contribution in [0.5, 0.6) is 0 Å². The predicted molar refractivity (Wildman–Crippen MR) is 81.9 cm³/mol. The van der Waals surface area contributed by atoms with Gasteiger partial charge in [0.25, 0.3) is 0 Å². The first-order valence-electron chi connectivity index (χ1n) is 7.10. The maximum Gasteiger partial charge on any atom is -0.0203 e. The zero-order valence-electron chi connectivity index (χ0n) is 12.7. The monoisotopic (exact) mass is 244 g/mol. The molecular weight excluding hydrogens is 216 g/mol. The summed E-state index contributed by atoms with van der Waals surface area (Å²) < 4.78 is 0.